The van der Waals surface area contributed by atoms with Crippen molar-refractivity contribution in [2.24, 2.45) is 0 Å². The van der Waals surface area contributed by atoms with Gasteiger partial charge in [-0.3, -0.25) is 24.5 Å². The molecule has 2 fully saturated rings. The number of carbonyl (C=O) groups is 4. The predicted octanol–water partition coefficient (Wildman–Crippen LogP) is 1.81. The number of nitrogens with zero attached hydrogens (tertiary/aromatic N) is 2. The lowest BCUT2D eigenvalue weighted by atomic mass is 9.95. The first kappa shape index (κ1) is 26.9. The molecule has 12 nitrogen and oxygen atoms in total. The van der Waals surface area contributed by atoms with Gasteiger partial charge in [-0.1, -0.05) is 18.2 Å². The number of ether oxygens (including phenoxy) is 3. The highest BCUT2D eigenvalue weighted by Gasteiger charge is 2.66. The smallest absolute Gasteiger partial charge is 0.330 e. The maximum Gasteiger partial charge on any atom is 0.330 e. The van der Waals surface area contributed by atoms with E-state index in [9.17, 15) is 29.3 Å². The van der Waals surface area contributed by atoms with Crippen molar-refractivity contribution in [1.29, 1.82) is 0 Å². The maximum atomic E-state index is 13.2. The Morgan fingerprint density at radius 3 is 2.42 bits per heavy atom. The van der Waals surface area contributed by atoms with Crippen LogP contribution in [0, 0.1) is 10.1 Å². The number of nitrogens with one attached hydrogen (secondary N) is 1. The van der Waals surface area contributed by atoms with Crippen LogP contribution in [0.15, 0.2) is 54.6 Å². The van der Waals surface area contributed by atoms with Gasteiger partial charge in [0.2, 0.25) is 5.91 Å². The Hall–Kier alpha value is -4.13. The Morgan fingerprint density at radius 2 is 1.79 bits per heavy atom. The van der Waals surface area contributed by atoms with E-state index in [1.807, 2.05) is 6.07 Å². The van der Waals surface area contributed by atoms with E-state index in [0.717, 1.165) is 0 Å². The minimum atomic E-state index is -1.09. The van der Waals surface area contributed by atoms with Crippen molar-refractivity contribution < 1.29 is 38.3 Å². The molecule has 2 aliphatic heterocycles. The van der Waals surface area contributed by atoms with Crippen molar-refractivity contribution in [3.05, 3.63) is 70.3 Å². The first-order chi connectivity index (χ1) is 18.1. The Labute approximate surface area is 221 Å². The number of nitro groups is 1. The van der Waals surface area contributed by atoms with Gasteiger partial charge in [-0.2, -0.15) is 0 Å². The van der Waals surface area contributed by atoms with Crippen LogP contribution in [0.1, 0.15) is 19.4 Å². The summed E-state index contributed by atoms with van der Waals surface area (Å²) in [5.74, 6) is -1.74. The van der Waals surface area contributed by atoms with Crippen molar-refractivity contribution in [2.45, 2.75) is 42.7 Å². The van der Waals surface area contributed by atoms with Crippen LogP contribution in [-0.2, 0) is 35.3 Å². The van der Waals surface area contributed by atoms with Crippen molar-refractivity contribution in [3.63, 3.8) is 0 Å². The SMILES string of the molecule is CC(=O)OCC1(C)S[C@H]2C(NC(=O)COc3ccccc3)C(=O)N2C1C(=O)OCc1ccc([N+](=O)[O-])cc1. The highest BCUT2D eigenvalue weighted by Crippen LogP contribution is 2.51. The van der Waals surface area contributed by atoms with Gasteiger partial charge < -0.3 is 24.4 Å². The molecule has 2 amide bonds. The summed E-state index contributed by atoms with van der Waals surface area (Å²) in [7, 11) is 0. The van der Waals surface area contributed by atoms with Crippen molar-refractivity contribution in [1.82, 2.24) is 10.2 Å². The monoisotopic (exact) mass is 543 g/mol. The molecule has 2 saturated heterocycles. The number of β-lactam (4-membered cyclic amide) rings is 1. The second kappa shape index (κ2) is 11.1. The molecule has 0 spiro atoms. The minimum Gasteiger partial charge on any atom is -0.484 e. The molecule has 0 aromatic heterocycles. The Kier molecular flexibility index (Phi) is 7.86. The molecule has 2 heterocycles. The summed E-state index contributed by atoms with van der Waals surface area (Å²) in [6.45, 7) is 2.28. The lowest BCUT2D eigenvalue weighted by Gasteiger charge is -2.43. The number of hydrogen-bond acceptors (Lipinski definition) is 10. The van der Waals surface area contributed by atoms with Crippen LogP contribution in [0.4, 0.5) is 5.69 Å². The number of benzene rings is 2. The molecule has 4 atom stereocenters. The summed E-state index contributed by atoms with van der Waals surface area (Å²) < 4.78 is 15.0. The maximum absolute atomic E-state index is 13.2. The molecule has 13 heteroatoms. The van der Waals surface area contributed by atoms with Gasteiger partial charge in [-0.15, -0.1) is 11.8 Å². The fourth-order valence-electron chi connectivity index (χ4n) is 4.20. The first-order valence-corrected chi connectivity index (χ1v) is 12.5. The molecule has 3 unspecified atom stereocenters. The number of fused-ring (bicyclic) bond motifs is 1. The van der Waals surface area contributed by atoms with Gasteiger partial charge in [-0.25, -0.2) is 4.79 Å². The minimum absolute atomic E-state index is 0.0995. The van der Waals surface area contributed by atoms with Crippen LogP contribution in [0.25, 0.3) is 0 Å². The summed E-state index contributed by atoms with van der Waals surface area (Å²) in [4.78, 5) is 61.8. The third-order valence-corrected chi connectivity index (χ3v) is 7.69. The molecule has 4 rings (SSSR count). The largest absolute Gasteiger partial charge is 0.484 e. The number of non-ortho nitro benzene ring substituents is 1. The molecular formula is C25H25N3O9S. The molecule has 200 valence electrons. The van der Waals surface area contributed by atoms with E-state index in [4.69, 9.17) is 14.2 Å². The first-order valence-electron chi connectivity index (χ1n) is 11.6. The predicted molar refractivity (Wildman–Crippen MR) is 134 cm³/mol. The molecule has 2 aromatic rings. The number of thioether (sulfide) groups is 1. The zero-order valence-corrected chi connectivity index (χ0v) is 21.3. The lowest BCUT2D eigenvalue weighted by molar-refractivity contribution is -0.384. The van der Waals surface area contributed by atoms with Gasteiger partial charge in [-0.05, 0) is 36.8 Å². The van der Waals surface area contributed by atoms with Crippen LogP contribution in [0.5, 0.6) is 5.75 Å². The van der Waals surface area contributed by atoms with E-state index >= 15 is 0 Å². The molecule has 0 aliphatic carbocycles. The van der Waals surface area contributed by atoms with Gasteiger partial charge in [0.05, 0.1) is 9.67 Å². The number of esters is 2. The van der Waals surface area contributed by atoms with Gasteiger partial charge in [0.1, 0.15) is 36.4 Å². The van der Waals surface area contributed by atoms with E-state index in [1.54, 1.807) is 31.2 Å². The topological polar surface area (TPSA) is 154 Å². The average Bonchev–Trinajstić information content (AvgIpc) is 3.18. The van der Waals surface area contributed by atoms with E-state index in [2.05, 4.69) is 5.32 Å². The van der Waals surface area contributed by atoms with Crippen molar-refractivity contribution >= 4 is 41.2 Å². The second-order valence-corrected chi connectivity index (χ2v) is 10.6. The van der Waals surface area contributed by atoms with Crippen molar-refractivity contribution in [2.75, 3.05) is 13.2 Å². The quantitative estimate of drug-likeness (QED) is 0.203. The molecular weight excluding hydrogens is 518 g/mol. The molecule has 1 N–H and O–H groups in total. The summed E-state index contributed by atoms with van der Waals surface area (Å²) in [6.07, 6.45) is 0. The summed E-state index contributed by atoms with van der Waals surface area (Å²) in [5.41, 5.74) is 0.420. The number of amides is 2. The van der Waals surface area contributed by atoms with Gasteiger partial charge in [0.25, 0.3) is 11.6 Å². The molecule has 0 bridgehead atoms. The highest BCUT2D eigenvalue weighted by atomic mass is 32.2. The Morgan fingerprint density at radius 1 is 1.11 bits per heavy atom. The van der Waals surface area contributed by atoms with Crippen LogP contribution in [0.3, 0.4) is 0 Å². The highest BCUT2D eigenvalue weighted by molar-refractivity contribution is 8.01. The fraction of sp³-hybridized carbons (Fsp3) is 0.360. The Bertz CT molecular complexity index is 1240. The van der Waals surface area contributed by atoms with Crippen LogP contribution in [-0.4, -0.2) is 69.0 Å². The molecule has 2 aliphatic rings. The number of rotatable bonds is 10. The van der Waals surface area contributed by atoms with E-state index in [-0.39, 0.29) is 25.5 Å². The number of carbonyl (C=O) groups excluding carboxylic acids is 4. The number of hydrogen-bond donors (Lipinski definition) is 1. The van der Waals surface area contributed by atoms with Crippen LogP contribution < -0.4 is 10.1 Å². The average molecular weight is 544 g/mol. The standard InChI is InChI=1S/C25H25N3O9S/c1-15(29)37-14-25(2)21(24(32)36-12-16-8-10-17(11-9-16)28(33)34)27-22(31)20(23(27)38-25)26-19(30)13-35-18-6-4-3-5-7-18/h3-11,20-21,23H,12-14H2,1-2H3,(H,26,30)/t20?,21?,23-,25?/m0/s1. The summed E-state index contributed by atoms with van der Waals surface area (Å²) in [6, 6.07) is 12.3. The van der Waals surface area contributed by atoms with Crippen molar-refractivity contribution in [3.8, 4) is 5.75 Å². The summed E-state index contributed by atoms with van der Waals surface area (Å²) >= 11 is 1.23. The zero-order valence-electron chi connectivity index (χ0n) is 20.5. The molecule has 2 aromatic carbocycles. The molecule has 0 radical (unpaired) electrons. The fourth-order valence-corrected chi connectivity index (χ4v) is 5.88. The number of para-hydroxylation sites is 1. The van der Waals surface area contributed by atoms with Crippen LogP contribution >= 0.6 is 11.8 Å². The second-order valence-electron chi connectivity index (χ2n) is 8.93. The third kappa shape index (κ3) is 5.72. The summed E-state index contributed by atoms with van der Waals surface area (Å²) in [5, 5.41) is 12.9. The number of nitro benzene ring substituents is 1. The Balaban J connectivity index is 1.42. The zero-order chi connectivity index (χ0) is 27.4. The van der Waals surface area contributed by atoms with Gasteiger partial charge in [0, 0.05) is 19.1 Å². The lowest BCUT2D eigenvalue weighted by Crippen LogP contribution is -2.71. The van der Waals surface area contributed by atoms with E-state index in [0.29, 0.717) is 11.3 Å². The molecule has 38 heavy (non-hydrogen) atoms. The molecule has 0 saturated carbocycles. The van der Waals surface area contributed by atoms with E-state index < -0.39 is 50.9 Å². The third-order valence-electron chi connectivity index (χ3n) is 6.07. The van der Waals surface area contributed by atoms with Crippen LogP contribution in [0.2, 0.25) is 0 Å². The van der Waals surface area contributed by atoms with Gasteiger partial charge in [0.15, 0.2) is 6.61 Å². The van der Waals surface area contributed by atoms with Gasteiger partial charge >= 0.3 is 11.9 Å². The normalized spacial score (nSPS) is 23.6. The van der Waals surface area contributed by atoms with E-state index in [1.165, 1.54) is 47.9 Å².